The fourth-order valence-electron chi connectivity index (χ4n) is 2.89. The van der Waals surface area contributed by atoms with Crippen molar-refractivity contribution in [2.24, 2.45) is 7.05 Å². The summed E-state index contributed by atoms with van der Waals surface area (Å²) in [4.78, 5) is 29.0. The maximum Gasteiger partial charge on any atom is 0.359 e. The van der Waals surface area contributed by atoms with Crippen LogP contribution in [0.15, 0.2) is 57.8 Å². The molecule has 4 rings (SSSR count). The van der Waals surface area contributed by atoms with Gasteiger partial charge in [0.15, 0.2) is 12.3 Å². The summed E-state index contributed by atoms with van der Waals surface area (Å²) in [6.07, 6.45) is 0. The van der Waals surface area contributed by atoms with E-state index in [2.05, 4.69) is 15.2 Å². The van der Waals surface area contributed by atoms with Gasteiger partial charge in [0.25, 0.3) is 11.4 Å². The van der Waals surface area contributed by atoms with Crippen LogP contribution in [0.25, 0.3) is 22.2 Å². The van der Waals surface area contributed by atoms with Crippen molar-refractivity contribution < 1.29 is 14.1 Å². The Labute approximate surface area is 159 Å². The lowest BCUT2D eigenvalue weighted by atomic mass is 10.1. The van der Waals surface area contributed by atoms with Crippen LogP contribution in [0.3, 0.4) is 0 Å². The topological polar surface area (TPSA) is 100 Å². The molecule has 0 saturated heterocycles. The van der Waals surface area contributed by atoms with Crippen LogP contribution in [-0.2, 0) is 18.4 Å². The minimum absolute atomic E-state index is 0.0522. The lowest BCUT2D eigenvalue weighted by Gasteiger charge is -2.07. The fraction of sp³-hybridized carbons (Fsp3) is 0.150. The first-order valence-electron chi connectivity index (χ1n) is 8.56. The largest absolute Gasteiger partial charge is 0.451 e. The van der Waals surface area contributed by atoms with Crippen molar-refractivity contribution in [1.29, 1.82) is 0 Å². The number of fused-ring (bicyclic) bond motifs is 1. The monoisotopic (exact) mass is 376 g/mol. The number of hydrogen-bond donors (Lipinski definition) is 0. The number of aromatic nitrogens is 4. The van der Waals surface area contributed by atoms with Gasteiger partial charge in [-0.15, -0.1) is 0 Å². The maximum absolute atomic E-state index is 12.5. The number of carbonyl (C=O) groups is 1. The van der Waals surface area contributed by atoms with E-state index in [1.165, 1.54) is 7.05 Å². The van der Waals surface area contributed by atoms with Gasteiger partial charge in [0, 0.05) is 18.0 Å². The first-order chi connectivity index (χ1) is 13.5. The van der Waals surface area contributed by atoms with E-state index in [4.69, 9.17) is 9.26 Å². The van der Waals surface area contributed by atoms with Crippen LogP contribution in [0.4, 0.5) is 0 Å². The Balaban J connectivity index is 1.56. The summed E-state index contributed by atoms with van der Waals surface area (Å²) < 4.78 is 11.6. The standard InChI is InChI=1S/C20H16N4O4/c1-12-7-3-4-8-13(12)18-21-16(28-23-18)11-27-20(26)17-14-9-5-6-10-15(14)19(25)24(2)22-17/h3-10H,11H2,1-2H3. The molecule has 0 N–H and O–H groups in total. The average molecular weight is 376 g/mol. The molecule has 0 aliphatic rings. The van der Waals surface area contributed by atoms with E-state index in [1.807, 2.05) is 31.2 Å². The quantitative estimate of drug-likeness (QED) is 0.505. The molecule has 2 aromatic heterocycles. The van der Waals surface area contributed by atoms with Crippen molar-refractivity contribution >= 4 is 16.7 Å². The molecule has 28 heavy (non-hydrogen) atoms. The molecule has 0 saturated carbocycles. The van der Waals surface area contributed by atoms with Gasteiger partial charge in [-0.1, -0.05) is 47.6 Å². The van der Waals surface area contributed by atoms with Crippen molar-refractivity contribution in [2.45, 2.75) is 13.5 Å². The van der Waals surface area contributed by atoms with Gasteiger partial charge < -0.3 is 9.26 Å². The molecular weight excluding hydrogens is 360 g/mol. The predicted octanol–water partition coefficient (Wildman–Crippen LogP) is 2.65. The molecule has 140 valence electrons. The van der Waals surface area contributed by atoms with Crippen molar-refractivity contribution in [3.05, 3.63) is 76.0 Å². The number of nitrogens with zero attached hydrogens (tertiary/aromatic N) is 4. The van der Waals surface area contributed by atoms with Crippen LogP contribution in [-0.4, -0.2) is 25.9 Å². The van der Waals surface area contributed by atoms with Crippen LogP contribution in [0, 0.1) is 6.92 Å². The molecule has 8 nitrogen and oxygen atoms in total. The SMILES string of the molecule is Cc1ccccc1-c1noc(COC(=O)c2nn(C)c(=O)c3ccccc23)n1. The fourth-order valence-corrected chi connectivity index (χ4v) is 2.89. The van der Waals surface area contributed by atoms with Gasteiger partial charge in [0.1, 0.15) is 0 Å². The number of carbonyl (C=O) groups excluding carboxylic acids is 1. The number of hydrogen-bond acceptors (Lipinski definition) is 7. The van der Waals surface area contributed by atoms with Crippen molar-refractivity contribution in [3.8, 4) is 11.4 Å². The van der Waals surface area contributed by atoms with Crippen molar-refractivity contribution in [3.63, 3.8) is 0 Å². The van der Waals surface area contributed by atoms with Crippen molar-refractivity contribution in [1.82, 2.24) is 19.9 Å². The summed E-state index contributed by atoms with van der Waals surface area (Å²) in [5.41, 5.74) is 1.62. The Kier molecular flexibility index (Phi) is 4.44. The third-order valence-electron chi connectivity index (χ3n) is 4.33. The Morgan fingerprint density at radius 2 is 1.82 bits per heavy atom. The smallest absolute Gasteiger partial charge is 0.359 e. The van der Waals surface area contributed by atoms with Gasteiger partial charge in [-0.25, -0.2) is 9.48 Å². The van der Waals surface area contributed by atoms with E-state index in [0.29, 0.717) is 16.6 Å². The minimum atomic E-state index is -0.678. The zero-order valence-electron chi connectivity index (χ0n) is 15.2. The Hall–Kier alpha value is -3.81. The highest BCUT2D eigenvalue weighted by Gasteiger charge is 2.18. The number of ether oxygens (including phenoxy) is 1. The zero-order valence-corrected chi connectivity index (χ0v) is 15.2. The van der Waals surface area contributed by atoms with E-state index < -0.39 is 5.97 Å². The molecule has 4 aromatic rings. The summed E-state index contributed by atoms with van der Waals surface area (Å²) in [6.45, 7) is 1.75. The Morgan fingerprint density at radius 3 is 2.61 bits per heavy atom. The Bertz CT molecular complexity index is 1240. The highest BCUT2D eigenvalue weighted by atomic mass is 16.6. The Morgan fingerprint density at radius 1 is 1.11 bits per heavy atom. The second-order valence-electron chi connectivity index (χ2n) is 6.23. The van der Waals surface area contributed by atoms with Crippen LogP contribution < -0.4 is 5.56 Å². The number of rotatable bonds is 4. The molecule has 2 heterocycles. The molecular formula is C20H16N4O4. The number of benzene rings is 2. The van der Waals surface area contributed by atoms with Crippen LogP contribution in [0.2, 0.25) is 0 Å². The molecule has 0 spiro atoms. The van der Waals surface area contributed by atoms with Crippen LogP contribution in [0.1, 0.15) is 21.9 Å². The van der Waals surface area contributed by atoms with E-state index in [0.717, 1.165) is 15.8 Å². The summed E-state index contributed by atoms with van der Waals surface area (Å²) in [6, 6.07) is 14.4. The van der Waals surface area contributed by atoms with Gasteiger partial charge in [0.05, 0.1) is 5.39 Å². The first kappa shape index (κ1) is 17.6. The van der Waals surface area contributed by atoms with Crippen molar-refractivity contribution in [2.75, 3.05) is 0 Å². The summed E-state index contributed by atoms with van der Waals surface area (Å²) >= 11 is 0. The normalized spacial score (nSPS) is 10.9. The lowest BCUT2D eigenvalue weighted by molar-refractivity contribution is 0.0423. The minimum Gasteiger partial charge on any atom is -0.451 e. The van der Waals surface area contributed by atoms with E-state index in [1.54, 1.807) is 24.3 Å². The average Bonchev–Trinajstić information content (AvgIpc) is 3.18. The summed E-state index contributed by atoms with van der Waals surface area (Å²) in [7, 11) is 1.48. The molecule has 0 aliphatic carbocycles. The molecule has 2 aromatic carbocycles. The van der Waals surface area contributed by atoms with Crippen LogP contribution >= 0.6 is 0 Å². The molecule has 0 amide bonds. The van der Waals surface area contributed by atoms with Gasteiger partial charge in [-0.3, -0.25) is 4.79 Å². The van der Waals surface area contributed by atoms with Crippen LogP contribution in [0.5, 0.6) is 0 Å². The van der Waals surface area contributed by atoms with Gasteiger partial charge in [-0.2, -0.15) is 10.1 Å². The molecule has 0 atom stereocenters. The second-order valence-corrected chi connectivity index (χ2v) is 6.23. The summed E-state index contributed by atoms with van der Waals surface area (Å²) in [5, 5.41) is 8.80. The van der Waals surface area contributed by atoms with Gasteiger partial charge >= 0.3 is 5.97 Å². The molecule has 0 aliphatic heterocycles. The van der Waals surface area contributed by atoms with E-state index in [-0.39, 0.29) is 23.8 Å². The third kappa shape index (κ3) is 3.16. The predicted molar refractivity (Wildman–Crippen MR) is 101 cm³/mol. The third-order valence-corrected chi connectivity index (χ3v) is 4.33. The molecule has 0 bridgehead atoms. The molecule has 0 radical (unpaired) electrons. The highest BCUT2D eigenvalue weighted by molar-refractivity contribution is 6.02. The maximum atomic E-state index is 12.5. The first-order valence-corrected chi connectivity index (χ1v) is 8.56. The molecule has 8 heteroatoms. The zero-order chi connectivity index (χ0) is 19.7. The van der Waals surface area contributed by atoms with E-state index >= 15 is 0 Å². The number of esters is 1. The molecule has 0 unspecified atom stereocenters. The highest BCUT2D eigenvalue weighted by Crippen LogP contribution is 2.20. The number of aryl methyl sites for hydroxylation is 2. The molecule has 0 fully saturated rings. The van der Waals surface area contributed by atoms with Gasteiger partial charge in [-0.05, 0) is 18.6 Å². The lowest BCUT2D eigenvalue weighted by Crippen LogP contribution is -2.23. The summed E-state index contributed by atoms with van der Waals surface area (Å²) in [5.74, 6) is -0.0852. The second kappa shape index (κ2) is 7.07. The van der Waals surface area contributed by atoms with E-state index in [9.17, 15) is 9.59 Å². The van der Waals surface area contributed by atoms with Gasteiger partial charge in [0.2, 0.25) is 5.82 Å².